The Hall–Kier alpha value is -0.820. The van der Waals surface area contributed by atoms with Crippen molar-refractivity contribution < 1.29 is 4.74 Å². The minimum Gasteiger partial charge on any atom is -0.381 e. The largest absolute Gasteiger partial charge is 0.381 e. The summed E-state index contributed by atoms with van der Waals surface area (Å²) in [6.45, 7) is 9.94. The molecule has 5 heteroatoms. The zero-order valence-electron chi connectivity index (χ0n) is 15.4. The maximum atomic E-state index is 5.64. The van der Waals surface area contributed by atoms with E-state index in [1.807, 2.05) is 7.05 Å². The number of hydrogen-bond acceptors (Lipinski definition) is 2. The van der Waals surface area contributed by atoms with E-state index in [1.54, 1.807) is 0 Å². The zero-order valence-corrected chi connectivity index (χ0v) is 17.8. The van der Waals surface area contributed by atoms with E-state index in [4.69, 9.17) is 4.74 Å². The molecule has 1 aliphatic rings. The lowest BCUT2D eigenvalue weighted by molar-refractivity contribution is 0.123. The van der Waals surface area contributed by atoms with Crippen molar-refractivity contribution >= 4 is 29.9 Å². The molecule has 0 aliphatic heterocycles. The molecule has 0 radical (unpaired) electrons. The van der Waals surface area contributed by atoms with Gasteiger partial charge in [0.25, 0.3) is 0 Å². The average molecular weight is 445 g/mol. The standard InChI is InChI=1S/C19H31N3O.HI/c1-14-10-15(2)18(16(3)11-14)12-22-19(20-4)21-8-5-9-23-13-17-6-7-17;/h10-11,17H,5-9,12-13H2,1-4H3,(H2,20,21,22);1H. The Morgan fingerprint density at radius 2 is 1.83 bits per heavy atom. The van der Waals surface area contributed by atoms with Crippen molar-refractivity contribution in [2.75, 3.05) is 26.8 Å². The summed E-state index contributed by atoms with van der Waals surface area (Å²) >= 11 is 0. The van der Waals surface area contributed by atoms with E-state index in [-0.39, 0.29) is 24.0 Å². The van der Waals surface area contributed by atoms with Gasteiger partial charge in [0.1, 0.15) is 0 Å². The molecule has 1 fully saturated rings. The third kappa shape index (κ3) is 7.38. The van der Waals surface area contributed by atoms with Crippen molar-refractivity contribution in [3.63, 3.8) is 0 Å². The van der Waals surface area contributed by atoms with Gasteiger partial charge in [0, 0.05) is 33.4 Å². The molecule has 0 unspecified atom stereocenters. The van der Waals surface area contributed by atoms with E-state index in [2.05, 4.69) is 48.5 Å². The lowest BCUT2D eigenvalue weighted by atomic mass is 10.00. The number of hydrogen-bond donors (Lipinski definition) is 2. The van der Waals surface area contributed by atoms with Crippen LogP contribution in [0, 0.1) is 26.7 Å². The number of guanidine groups is 1. The van der Waals surface area contributed by atoms with Crippen LogP contribution in [0.3, 0.4) is 0 Å². The van der Waals surface area contributed by atoms with Gasteiger partial charge in [0.05, 0.1) is 0 Å². The molecule has 0 heterocycles. The molecule has 0 atom stereocenters. The molecule has 24 heavy (non-hydrogen) atoms. The first-order chi connectivity index (χ1) is 11.1. The summed E-state index contributed by atoms with van der Waals surface area (Å²) in [6, 6.07) is 4.47. The zero-order chi connectivity index (χ0) is 16.7. The van der Waals surface area contributed by atoms with Gasteiger partial charge >= 0.3 is 0 Å². The van der Waals surface area contributed by atoms with Gasteiger partial charge in [-0.15, -0.1) is 24.0 Å². The van der Waals surface area contributed by atoms with E-state index in [0.29, 0.717) is 0 Å². The molecule has 2 N–H and O–H groups in total. The fourth-order valence-electron chi connectivity index (χ4n) is 2.80. The Morgan fingerprint density at radius 3 is 2.42 bits per heavy atom. The Kier molecular flexibility index (Phi) is 9.66. The highest BCUT2D eigenvalue weighted by molar-refractivity contribution is 14.0. The second-order valence-corrected chi connectivity index (χ2v) is 6.60. The monoisotopic (exact) mass is 445 g/mol. The number of rotatable bonds is 8. The third-order valence-corrected chi connectivity index (χ3v) is 4.30. The van der Waals surface area contributed by atoms with Crippen LogP contribution >= 0.6 is 24.0 Å². The summed E-state index contributed by atoms with van der Waals surface area (Å²) in [5.41, 5.74) is 5.33. The lowest BCUT2D eigenvalue weighted by Crippen LogP contribution is -2.37. The van der Waals surface area contributed by atoms with Crippen molar-refractivity contribution in [1.82, 2.24) is 10.6 Å². The van der Waals surface area contributed by atoms with Gasteiger partial charge in [-0.3, -0.25) is 4.99 Å². The first-order valence-corrected chi connectivity index (χ1v) is 8.69. The molecule has 0 amide bonds. The number of nitrogens with one attached hydrogen (secondary N) is 2. The summed E-state index contributed by atoms with van der Waals surface area (Å²) in [6.07, 6.45) is 3.72. The van der Waals surface area contributed by atoms with E-state index in [1.165, 1.54) is 35.1 Å². The molecule has 2 rings (SSSR count). The van der Waals surface area contributed by atoms with Gasteiger partial charge < -0.3 is 15.4 Å². The highest BCUT2D eigenvalue weighted by atomic mass is 127. The highest BCUT2D eigenvalue weighted by Crippen LogP contribution is 2.28. The van der Waals surface area contributed by atoms with Crippen LogP contribution in [0.1, 0.15) is 41.5 Å². The maximum Gasteiger partial charge on any atom is 0.191 e. The SMILES string of the molecule is CN=C(NCCCOCC1CC1)NCc1c(C)cc(C)cc1C.I. The number of benzene rings is 1. The number of aryl methyl sites for hydroxylation is 3. The smallest absolute Gasteiger partial charge is 0.191 e. The van der Waals surface area contributed by atoms with Gasteiger partial charge in [-0.1, -0.05) is 17.7 Å². The second-order valence-electron chi connectivity index (χ2n) is 6.60. The van der Waals surface area contributed by atoms with Gasteiger partial charge in [0.2, 0.25) is 0 Å². The molecule has 0 aromatic heterocycles. The van der Waals surface area contributed by atoms with Crippen molar-refractivity contribution in [2.45, 2.75) is 46.6 Å². The number of aliphatic imine (C=N–C) groups is 1. The summed E-state index contributed by atoms with van der Waals surface area (Å²) in [5.74, 6) is 1.70. The minimum atomic E-state index is 0. The van der Waals surface area contributed by atoms with Crippen LogP contribution in [0.25, 0.3) is 0 Å². The molecule has 1 aliphatic carbocycles. The van der Waals surface area contributed by atoms with E-state index < -0.39 is 0 Å². The van der Waals surface area contributed by atoms with Crippen LogP contribution in [0.2, 0.25) is 0 Å². The van der Waals surface area contributed by atoms with Crippen molar-refractivity contribution in [3.8, 4) is 0 Å². The van der Waals surface area contributed by atoms with Gasteiger partial charge in [-0.05, 0) is 62.6 Å². The summed E-state index contributed by atoms with van der Waals surface area (Å²) in [5, 5.41) is 6.76. The molecule has 0 saturated heterocycles. The molecule has 0 bridgehead atoms. The molecule has 1 aromatic rings. The topological polar surface area (TPSA) is 45.7 Å². The maximum absolute atomic E-state index is 5.64. The molecular weight excluding hydrogens is 413 g/mol. The summed E-state index contributed by atoms with van der Waals surface area (Å²) < 4.78 is 5.64. The van der Waals surface area contributed by atoms with Crippen molar-refractivity contribution in [3.05, 3.63) is 34.4 Å². The van der Waals surface area contributed by atoms with Crippen LogP contribution in [0.5, 0.6) is 0 Å². The molecule has 0 spiro atoms. The molecule has 1 aromatic carbocycles. The predicted molar refractivity (Wildman–Crippen MR) is 112 cm³/mol. The normalized spacial score (nSPS) is 14.2. The fourth-order valence-corrected chi connectivity index (χ4v) is 2.80. The number of nitrogens with zero attached hydrogens (tertiary/aromatic N) is 1. The van der Waals surface area contributed by atoms with Crippen LogP contribution < -0.4 is 10.6 Å². The Balaban J connectivity index is 0.00000288. The molecule has 136 valence electrons. The average Bonchev–Trinajstić information content (AvgIpc) is 3.31. The van der Waals surface area contributed by atoms with E-state index in [9.17, 15) is 0 Å². The fraction of sp³-hybridized carbons (Fsp3) is 0.632. The number of halogens is 1. The molecule has 1 saturated carbocycles. The Bertz CT molecular complexity index is 518. The first-order valence-electron chi connectivity index (χ1n) is 8.69. The van der Waals surface area contributed by atoms with Gasteiger partial charge in [0.15, 0.2) is 5.96 Å². The van der Waals surface area contributed by atoms with Gasteiger partial charge in [-0.25, -0.2) is 0 Å². The lowest BCUT2D eigenvalue weighted by Gasteiger charge is -2.15. The second kappa shape index (κ2) is 10.9. The predicted octanol–water partition coefficient (Wildman–Crippen LogP) is 3.71. The van der Waals surface area contributed by atoms with Crippen LogP contribution in [-0.2, 0) is 11.3 Å². The van der Waals surface area contributed by atoms with Crippen LogP contribution in [0.4, 0.5) is 0 Å². The Morgan fingerprint density at radius 1 is 1.17 bits per heavy atom. The van der Waals surface area contributed by atoms with Crippen molar-refractivity contribution in [1.29, 1.82) is 0 Å². The highest BCUT2D eigenvalue weighted by Gasteiger charge is 2.20. The summed E-state index contributed by atoms with van der Waals surface area (Å²) in [7, 11) is 1.81. The summed E-state index contributed by atoms with van der Waals surface area (Å²) in [4.78, 5) is 4.29. The van der Waals surface area contributed by atoms with E-state index in [0.717, 1.165) is 44.6 Å². The quantitative estimate of drug-likeness (QED) is 0.278. The third-order valence-electron chi connectivity index (χ3n) is 4.30. The molecule has 4 nitrogen and oxygen atoms in total. The van der Waals surface area contributed by atoms with E-state index >= 15 is 0 Å². The minimum absolute atomic E-state index is 0. The Labute approximate surface area is 163 Å². The van der Waals surface area contributed by atoms with Gasteiger partial charge in [-0.2, -0.15) is 0 Å². The van der Waals surface area contributed by atoms with Crippen LogP contribution in [0.15, 0.2) is 17.1 Å². The van der Waals surface area contributed by atoms with Crippen molar-refractivity contribution in [2.24, 2.45) is 10.9 Å². The first kappa shape index (κ1) is 21.2. The molecular formula is C19H32IN3O. The number of ether oxygens (including phenoxy) is 1. The van der Waals surface area contributed by atoms with Crippen LogP contribution in [-0.4, -0.2) is 32.8 Å².